The maximum atomic E-state index is 13.7. The zero-order valence-corrected chi connectivity index (χ0v) is 24.7. The number of hydrogen-bond donors (Lipinski definition) is 1. The van der Waals surface area contributed by atoms with Crippen molar-refractivity contribution in [3.8, 4) is 0 Å². The number of anilines is 1. The van der Waals surface area contributed by atoms with Gasteiger partial charge in [0.2, 0.25) is 21.8 Å². The summed E-state index contributed by atoms with van der Waals surface area (Å²) < 4.78 is 66.0. The van der Waals surface area contributed by atoms with Gasteiger partial charge in [-0.2, -0.15) is 13.2 Å². The van der Waals surface area contributed by atoms with Crippen LogP contribution in [0.4, 0.5) is 18.9 Å². The van der Waals surface area contributed by atoms with Crippen molar-refractivity contribution in [3.05, 3.63) is 62.6 Å². The van der Waals surface area contributed by atoms with Gasteiger partial charge in [0.15, 0.2) is 0 Å². The van der Waals surface area contributed by atoms with Crippen molar-refractivity contribution < 1.29 is 31.2 Å². The lowest BCUT2D eigenvalue weighted by atomic mass is 10.1. The van der Waals surface area contributed by atoms with Gasteiger partial charge in [-0.15, -0.1) is 0 Å². The van der Waals surface area contributed by atoms with Crippen LogP contribution in [0.15, 0.2) is 36.4 Å². The van der Waals surface area contributed by atoms with Gasteiger partial charge in [0, 0.05) is 12.6 Å². The van der Waals surface area contributed by atoms with Crippen LogP contribution >= 0.6 is 34.8 Å². The predicted molar refractivity (Wildman–Crippen MR) is 148 cm³/mol. The minimum Gasteiger partial charge on any atom is -0.352 e. The summed E-state index contributed by atoms with van der Waals surface area (Å²) in [5, 5.41) is 2.97. The number of rotatable bonds is 11. The minimum absolute atomic E-state index is 0.157. The lowest BCUT2D eigenvalue weighted by molar-refractivity contribution is -0.140. The molecule has 2 rings (SSSR count). The Labute approximate surface area is 241 Å². The number of halogens is 6. The van der Waals surface area contributed by atoms with Crippen LogP contribution in [0.3, 0.4) is 0 Å². The van der Waals surface area contributed by atoms with Crippen LogP contribution in [0.25, 0.3) is 0 Å². The van der Waals surface area contributed by atoms with Gasteiger partial charge in [0.25, 0.3) is 0 Å². The molecule has 0 aliphatic heterocycles. The molecule has 0 fully saturated rings. The van der Waals surface area contributed by atoms with Gasteiger partial charge in [-0.1, -0.05) is 54.7 Å². The summed E-state index contributed by atoms with van der Waals surface area (Å²) in [6.45, 7) is 4.27. The van der Waals surface area contributed by atoms with Crippen LogP contribution < -0.4 is 9.62 Å². The SMILES string of the molecule is CC[C@@H](C)NC(=O)[C@@H](CC)N(Cc1ccc(Cl)c(Cl)c1)C(=O)CN(c1cc(C(F)(F)F)ccc1Cl)S(C)(=O)=O. The Bertz CT molecular complexity index is 1310. The first-order valence-corrected chi connectivity index (χ1v) is 14.9. The van der Waals surface area contributed by atoms with E-state index in [4.69, 9.17) is 34.8 Å². The van der Waals surface area contributed by atoms with Gasteiger partial charge in [0.1, 0.15) is 12.6 Å². The first-order valence-electron chi connectivity index (χ1n) is 11.9. The van der Waals surface area contributed by atoms with Crippen molar-refractivity contribution >= 4 is 62.3 Å². The molecular formula is C25H29Cl3F3N3O4S. The molecule has 14 heteroatoms. The fraction of sp³-hybridized carbons (Fsp3) is 0.440. The van der Waals surface area contributed by atoms with Gasteiger partial charge in [-0.05, 0) is 55.7 Å². The average Bonchev–Trinajstić information content (AvgIpc) is 2.83. The number of alkyl halides is 3. The summed E-state index contributed by atoms with van der Waals surface area (Å²) in [5.74, 6) is -1.31. The number of hydrogen-bond acceptors (Lipinski definition) is 4. The van der Waals surface area contributed by atoms with E-state index >= 15 is 0 Å². The van der Waals surface area contributed by atoms with Gasteiger partial charge in [0.05, 0.1) is 32.6 Å². The van der Waals surface area contributed by atoms with Crippen molar-refractivity contribution in [3.63, 3.8) is 0 Å². The van der Waals surface area contributed by atoms with Crippen LogP contribution in [-0.2, 0) is 32.3 Å². The second-order valence-corrected chi connectivity index (χ2v) is 12.1. The Morgan fingerprint density at radius 2 is 1.59 bits per heavy atom. The highest BCUT2D eigenvalue weighted by atomic mass is 35.5. The summed E-state index contributed by atoms with van der Waals surface area (Å²) >= 11 is 18.2. The zero-order chi connectivity index (χ0) is 29.7. The van der Waals surface area contributed by atoms with Crippen molar-refractivity contribution in [2.75, 3.05) is 17.1 Å². The molecule has 2 aromatic carbocycles. The molecule has 0 saturated carbocycles. The molecule has 7 nitrogen and oxygen atoms in total. The molecule has 216 valence electrons. The molecule has 2 atom stereocenters. The molecule has 0 unspecified atom stereocenters. The van der Waals surface area contributed by atoms with Gasteiger partial charge >= 0.3 is 6.18 Å². The van der Waals surface area contributed by atoms with E-state index in [0.29, 0.717) is 28.4 Å². The van der Waals surface area contributed by atoms with Crippen LogP contribution in [0.5, 0.6) is 0 Å². The number of nitrogens with zero attached hydrogens (tertiary/aromatic N) is 2. The molecule has 0 aliphatic carbocycles. The van der Waals surface area contributed by atoms with Crippen LogP contribution in [0.2, 0.25) is 15.1 Å². The minimum atomic E-state index is -4.78. The Morgan fingerprint density at radius 3 is 2.10 bits per heavy atom. The highest BCUT2D eigenvalue weighted by Gasteiger charge is 2.35. The van der Waals surface area contributed by atoms with E-state index in [0.717, 1.165) is 17.2 Å². The Hall–Kier alpha value is -2.21. The van der Waals surface area contributed by atoms with Gasteiger partial charge in [-0.25, -0.2) is 8.42 Å². The maximum Gasteiger partial charge on any atom is 0.416 e. The molecule has 0 heterocycles. The molecule has 0 aliphatic rings. The van der Waals surface area contributed by atoms with Gasteiger partial charge < -0.3 is 10.2 Å². The first kappa shape index (κ1) is 33.0. The number of carbonyl (C=O) groups is 2. The standard InChI is InChI=1S/C25H29Cl3F3N3O4S/c1-5-15(3)32-24(36)21(6-2)33(13-16-7-9-18(26)20(28)11-16)23(35)14-34(39(4,37)38)22-12-17(25(29,30)31)8-10-19(22)27/h7-12,15,21H,5-6,13-14H2,1-4H3,(H,32,36)/t15-,21-/m1/s1. The number of carbonyl (C=O) groups excluding carboxylic acids is 2. The second kappa shape index (κ2) is 13.4. The molecule has 2 amide bonds. The summed E-state index contributed by atoms with van der Waals surface area (Å²) in [4.78, 5) is 28.0. The van der Waals surface area contributed by atoms with E-state index in [1.165, 1.54) is 12.1 Å². The van der Waals surface area contributed by atoms with Crippen LogP contribution in [0.1, 0.15) is 44.7 Å². The van der Waals surface area contributed by atoms with Crippen molar-refractivity contribution in [2.24, 2.45) is 0 Å². The lowest BCUT2D eigenvalue weighted by Gasteiger charge is -2.33. The van der Waals surface area contributed by atoms with E-state index in [2.05, 4.69) is 5.32 Å². The van der Waals surface area contributed by atoms with Crippen LogP contribution in [0, 0.1) is 0 Å². The van der Waals surface area contributed by atoms with E-state index in [1.807, 2.05) is 6.92 Å². The quantitative estimate of drug-likeness (QED) is 0.323. The van der Waals surface area contributed by atoms with Crippen molar-refractivity contribution in [2.45, 2.75) is 58.4 Å². The highest BCUT2D eigenvalue weighted by molar-refractivity contribution is 7.92. The lowest BCUT2D eigenvalue weighted by Crippen LogP contribution is -2.53. The van der Waals surface area contributed by atoms with E-state index in [-0.39, 0.29) is 34.1 Å². The number of sulfonamides is 1. The third kappa shape index (κ3) is 8.89. The summed E-state index contributed by atoms with van der Waals surface area (Å²) in [6, 6.07) is 5.54. The maximum absolute atomic E-state index is 13.7. The topological polar surface area (TPSA) is 86.8 Å². The molecular weight excluding hydrogens is 602 g/mol. The van der Waals surface area contributed by atoms with E-state index in [1.54, 1.807) is 19.9 Å². The normalized spacial score (nSPS) is 13.5. The fourth-order valence-corrected chi connectivity index (χ4v) is 5.11. The molecule has 0 radical (unpaired) electrons. The van der Waals surface area contributed by atoms with Crippen molar-refractivity contribution in [1.29, 1.82) is 0 Å². The molecule has 0 spiro atoms. The third-order valence-electron chi connectivity index (χ3n) is 5.95. The highest BCUT2D eigenvalue weighted by Crippen LogP contribution is 2.36. The van der Waals surface area contributed by atoms with Crippen LogP contribution in [-0.4, -0.2) is 50.0 Å². The molecule has 0 saturated heterocycles. The smallest absolute Gasteiger partial charge is 0.352 e. The summed E-state index contributed by atoms with van der Waals surface area (Å²) in [6.07, 6.45) is -3.25. The monoisotopic (exact) mass is 629 g/mol. The number of amides is 2. The first-order chi connectivity index (χ1) is 18.0. The van der Waals surface area contributed by atoms with E-state index in [9.17, 15) is 31.2 Å². The molecule has 39 heavy (non-hydrogen) atoms. The molecule has 0 aromatic heterocycles. The average molecular weight is 631 g/mol. The Balaban J connectivity index is 2.57. The summed E-state index contributed by atoms with van der Waals surface area (Å²) in [7, 11) is -4.30. The summed E-state index contributed by atoms with van der Waals surface area (Å²) in [5.41, 5.74) is -1.17. The number of benzene rings is 2. The molecule has 2 aromatic rings. The molecule has 1 N–H and O–H groups in total. The van der Waals surface area contributed by atoms with Crippen molar-refractivity contribution in [1.82, 2.24) is 10.2 Å². The second-order valence-electron chi connectivity index (χ2n) is 8.95. The number of nitrogens with one attached hydrogen (secondary N) is 1. The Morgan fingerprint density at radius 1 is 0.974 bits per heavy atom. The largest absolute Gasteiger partial charge is 0.416 e. The van der Waals surface area contributed by atoms with E-state index < -0.39 is 51.9 Å². The third-order valence-corrected chi connectivity index (χ3v) is 8.13. The molecule has 0 bridgehead atoms. The Kier molecular flexibility index (Phi) is 11.4. The zero-order valence-electron chi connectivity index (χ0n) is 21.7. The fourth-order valence-electron chi connectivity index (χ4n) is 3.67. The predicted octanol–water partition coefficient (Wildman–Crippen LogP) is 6.15. The van der Waals surface area contributed by atoms with Gasteiger partial charge in [-0.3, -0.25) is 13.9 Å².